The quantitative estimate of drug-likeness (QED) is 0.411. The number of para-hydroxylation sites is 1. The van der Waals surface area contributed by atoms with Crippen molar-refractivity contribution in [2.45, 2.75) is 45.7 Å². The van der Waals surface area contributed by atoms with E-state index in [1.807, 2.05) is 38.1 Å². The maximum Gasteiger partial charge on any atom is 0.305 e. The molecule has 0 radical (unpaired) electrons. The Bertz CT molecular complexity index is 958. The van der Waals surface area contributed by atoms with E-state index in [1.54, 1.807) is 38.5 Å². The number of methoxy groups -OCH3 is 2. The van der Waals surface area contributed by atoms with Gasteiger partial charge in [0.25, 0.3) is 0 Å². The maximum atomic E-state index is 13.1. The molecule has 184 valence electrons. The molecule has 0 bridgehead atoms. The van der Waals surface area contributed by atoms with Gasteiger partial charge in [0.2, 0.25) is 11.8 Å². The van der Waals surface area contributed by atoms with Crippen molar-refractivity contribution in [3.63, 3.8) is 0 Å². The van der Waals surface area contributed by atoms with Crippen molar-refractivity contribution in [1.29, 1.82) is 0 Å². The highest BCUT2D eigenvalue weighted by atomic mass is 16.5. The molecule has 34 heavy (non-hydrogen) atoms. The second-order valence-corrected chi connectivity index (χ2v) is 8.55. The molecule has 2 unspecified atom stereocenters. The van der Waals surface area contributed by atoms with Crippen LogP contribution < -0.4 is 20.1 Å². The molecule has 0 fully saturated rings. The van der Waals surface area contributed by atoms with Crippen molar-refractivity contribution in [2.75, 3.05) is 14.2 Å². The number of carbonyl (C=O) groups excluding carboxylic acids is 2. The molecule has 0 heterocycles. The number of ether oxygens (including phenoxy) is 2. The molecule has 0 aromatic heterocycles. The lowest BCUT2D eigenvalue weighted by Crippen LogP contribution is -2.38. The Balaban J connectivity index is 2.09. The Hall–Kier alpha value is -3.55. The second-order valence-electron chi connectivity index (χ2n) is 8.55. The average Bonchev–Trinajstić information content (AvgIpc) is 2.81. The van der Waals surface area contributed by atoms with Crippen LogP contribution in [-0.4, -0.2) is 37.1 Å². The normalized spacial score (nSPS) is 12.5. The molecule has 0 saturated carbocycles. The number of hydrogen-bond donors (Lipinski definition) is 3. The molecule has 2 aromatic carbocycles. The maximum absolute atomic E-state index is 13.1. The number of amides is 2. The topological polar surface area (TPSA) is 114 Å². The monoisotopic (exact) mass is 470 g/mol. The van der Waals surface area contributed by atoms with Crippen LogP contribution in [0.2, 0.25) is 0 Å². The van der Waals surface area contributed by atoms with Gasteiger partial charge in [0, 0.05) is 24.4 Å². The second kappa shape index (κ2) is 13.2. The van der Waals surface area contributed by atoms with E-state index < -0.39 is 17.9 Å². The first-order chi connectivity index (χ1) is 16.2. The largest absolute Gasteiger partial charge is 0.497 e. The number of carboxylic acids is 1. The molecular formula is C26H34N2O6. The van der Waals surface area contributed by atoms with E-state index in [9.17, 15) is 19.5 Å². The number of rotatable bonds is 13. The summed E-state index contributed by atoms with van der Waals surface area (Å²) < 4.78 is 10.5. The zero-order valence-corrected chi connectivity index (χ0v) is 20.2. The third-order valence-corrected chi connectivity index (χ3v) is 5.44. The van der Waals surface area contributed by atoms with Crippen molar-refractivity contribution in [3.8, 4) is 11.5 Å². The van der Waals surface area contributed by atoms with Gasteiger partial charge in [-0.25, -0.2) is 0 Å². The molecule has 2 atom stereocenters. The van der Waals surface area contributed by atoms with Crippen molar-refractivity contribution < 1.29 is 29.0 Å². The van der Waals surface area contributed by atoms with Gasteiger partial charge < -0.3 is 25.2 Å². The van der Waals surface area contributed by atoms with Gasteiger partial charge in [-0.05, 0) is 36.1 Å². The van der Waals surface area contributed by atoms with Gasteiger partial charge in [-0.3, -0.25) is 14.4 Å². The molecule has 2 amide bonds. The van der Waals surface area contributed by atoms with Crippen LogP contribution in [0.1, 0.15) is 50.3 Å². The minimum Gasteiger partial charge on any atom is -0.497 e. The van der Waals surface area contributed by atoms with E-state index in [0.717, 1.165) is 5.56 Å². The van der Waals surface area contributed by atoms with Gasteiger partial charge in [0.05, 0.1) is 26.7 Å². The summed E-state index contributed by atoms with van der Waals surface area (Å²) in [7, 11) is 3.11. The average molecular weight is 471 g/mol. The summed E-state index contributed by atoms with van der Waals surface area (Å²) >= 11 is 0. The summed E-state index contributed by atoms with van der Waals surface area (Å²) in [6, 6.07) is 13.6. The van der Waals surface area contributed by atoms with Gasteiger partial charge in [0.15, 0.2) is 0 Å². The highest BCUT2D eigenvalue weighted by molar-refractivity contribution is 5.86. The first kappa shape index (κ1) is 26.7. The molecule has 0 aliphatic rings. The molecule has 3 N–H and O–H groups in total. The molecular weight excluding hydrogens is 436 g/mol. The van der Waals surface area contributed by atoms with Crippen molar-refractivity contribution >= 4 is 17.8 Å². The zero-order chi connectivity index (χ0) is 25.1. The first-order valence-electron chi connectivity index (χ1n) is 11.3. The van der Waals surface area contributed by atoms with E-state index in [2.05, 4.69) is 10.6 Å². The van der Waals surface area contributed by atoms with Gasteiger partial charge in [-0.15, -0.1) is 0 Å². The van der Waals surface area contributed by atoms with Crippen molar-refractivity contribution in [3.05, 3.63) is 59.7 Å². The van der Waals surface area contributed by atoms with Crippen LogP contribution in [0.3, 0.4) is 0 Å². The highest BCUT2D eigenvalue weighted by Crippen LogP contribution is 2.23. The van der Waals surface area contributed by atoms with Gasteiger partial charge in [0.1, 0.15) is 11.5 Å². The minimum absolute atomic E-state index is 0.00155. The number of carboxylic acid groups (broad SMARTS) is 1. The summed E-state index contributed by atoms with van der Waals surface area (Å²) in [5, 5.41) is 15.1. The molecule has 2 rings (SSSR count). The summed E-state index contributed by atoms with van der Waals surface area (Å²) in [5.41, 5.74) is 1.49. The van der Waals surface area contributed by atoms with E-state index in [0.29, 0.717) is 23.5 Å². The zero-order valence-electron chi connectivity index (χ0n) is 20.2. The minimum atomic E-state index is -1.03. The third-order valence-electron chi connectivity index (χ3n) is 5.44. The Morgan fingerprint density at radius 3 is 2.21 bits per heavy atom. The number of aliphatic carboxylic acids is 1. The van der Waals surface area contributed by atoms with Crippen LogP contribution in [0.15, 0.2) is 48.5 Å². The van der Waals surface area contributed by atoms with Gasteiger partial charge in [-0.1, -0.05) is 44.2 Å². The van der Waals surface area contributed by atoms with Crippen LogP contribution in [0.5, 0.6) is 11.5 Å². The molecule has 0 spiro atoms. The van der Waals surface area contributed by atoms with Crippen molar-refractivity contribution in [2.24, 2.45) is 11.8 Å². The lowest BCUT2D eigenvalue weighted by molar-refractivity contribution is -0.138. The molecule has 0 aliphatic heterocycles. The molecule has 0 aliphatic carbocycles. The lowest BCUT2D eigenvalue weighted by atomic mass is 9.92. The van der Waals surface area contributed by atoms with Gasteiger partial charge in [-0.2, -0.15) is 0 Å². The fraction of sp³-hybridized carbons (Fsp3) is 0.423. The first-order valence-corrected chi connectivity index (χ1v) is 11.3. The van der Waals surface area contributed by atoms with Crippen LogP contribution in [0, 0.1) is 11.8 Å². The molecule has 2 aromatic rings. The summed E-state index contributed by atoms with van der Waals surface area (Å²) in [6.07, 6.45) is 0.227. The fourth-order valence-electron chi connectivity index (χ4n) is 3.74. The number of benzene rings is 2. The predicted octanol–water partition coefficient (Wildman–Crippen LogP) is 3.70. The van der Waals surface area contributed by atoms with E-state index >= 15 is 0 Å². The lowest BCUT2D eigenvalue weighted by Gasteiger charge is -2.23. The van der Waals surface area contributed by atoms with Crippen molar-refractivity contribution in [1.82, 2.24) is 10.6 Å². The Labute approximate surface area is 200 Å². The summed E-state index contributed by atoms with van der Waals surface area (Å²) in [5.74, 6) is -0.738. The molecule has 0 saturated heterocycles. The predicted molar refractivity (Wildman–Crippen MR) is 129 cm³/mol. The van der Waals surface area contributed by atoms with E-state index in [1.165, 1.54) is 0 Å². The number of hydrogen-bond acceptors (Lipinski definition) is 5. The Morgan fingerprint density at radius 2 is 1.62 bits per heavy atom. The van der Waals surface area contributed by atoms with Crippen LogP contribution in [-0.2, 0) is 20.9 Å². The number of nitrogens with one attached hydrogen (secondary N) is 2. The van der Waals surface area contributed by atoms with Crippen LogP contribution in [0.4, 0.5) is 0 Å². The van der Waals surface area contributed by atoms with E-state index in [-0.39, 0.29) is 37.1 Å². The van der Waals surface area contributed by atoms with Crippen LogP contribution >= 0.6 is 0 Å². The van der Waals surface area contributed by atoms with E-state index in [4.69, 9.17) is 9.47 Å². The smallest absolute Gasteiger partial charge is 0.305 e. The van der Waals surface area contributed by atoms with Gasteiger partial charge >= 0.3 is 5.97 Å². The Kier molecular flexibility index (Phi) is 10.4. The highest BCUT2D eigenvalue weighted by Gasteiger charge is 2.27. The third kappa shape index (κ3) is 8.42. The molecule has 8 heteroatoms. The standard InChI is InChI=1S/C26H34N2O6/c1-17(2)13-20(14-24(29)27-16-19-7-5-6-8-23(19)34-4)26(32)28-22(15-25(30)31)18-9-11-21(33-3)12-10-18/h5-12,17,20,22H,13-16H2,1-4H3,(H,27,29)(H,28,32)(H,30,31). The summed E-state index contributed by atoms with van der Waals surface area (Å²) in [6.45, 7) is 4.24. The number of carbonyl (C=O) groups is 3. The molecule has 8 nitrogen and oxygen atoms in total. The Morgan fingerprint density at radius 1 is 0.941 bits per heavy atom. The summed E-state index contributed by atoms with van der Waals surface area (Å²) in [4.78, 5) is 37.3. The SMILES string of the molecule is COc1ccc(C(CC(=O)O)NC(=O)C(CC(=O)NCc2ccccc2OC)CC(C)C)cc1. The fourth-order valence-corrected chi connectivity index (χ4v) is 3.74. The van der Waals surface area contributed by atoms with Crippen LogP contribution in [0.25, 0.3) is 0 Å².